The maximum atomic E-state index is 4.17. The van der Waals surface area contributed by atoms with E-state index in [9.17, 15) is 0 Å². The maximum Gasteiger partial charge on any atom is 0.00717 e. The summed E-state index contributed by atoms with van der Waals surface area (Å²) in [6.45, 7) is 2.21. The van der Waals surface area contributed by atoms with Gasteiger partial charge in [0.25, 0.3) is 0 Å². The Morgan fingerprint density at radius 3 is 2.44 bits per heavy atom. The molecule has 0 fully saturated rings. The first-order valence-corrected chi connectivity index (χ1v) is 4.26. The number of rotatable bonds is 5. The van der Waals surface area contributed by atoms with Gasteiger partial charge in [-0.1, -0.05) is 13.3 Å². The molecule has 0 rings (SSSR count). The minimum absolute atomic E-state index is 0.687. The third kappa shape index (κ3) is 4.79. The summed E-state index contributed by atoms with van der Waals surface area (Å²) < 4.78 is 0. The smallest absolute Gasteiger partial charge is 0.00717 e. The SMILES string of the molecule is CCCC(CCS)NC. The second kappa shape index (κ2) is 6.43. The van der Waals surface area contributed by atoms with Gasteiger partial charge in [0.05, 0.1) is 0 Å². The molecule has 0 heterocycles. The summed E-state index contributed by atoms with van der Waals surface area (Å²) >= 11 is 4.17. The Morgan fingerprint density at radius 2 is 2.11 bits per heavy atom. The lowest BCUT2D eigenvalue weighted by Crippen LogP contribution is -2.25. The summed E-state index contributed by atoms with van der Waals surface area (Å²) in [5.74, 6) is 0.992. The van der Waals surface area contributed by atoms with E-state index in [2.05, 4.69) is 24.9 Å². The minimum atomic E-state index is 0.687. The van der Waals surface area contributed by atoms with Crippen molar-refractivity contribution in [3.8, 4) is 0 Å². The van der Waals surface area contributed by atoms with Crippen LogP contribution in [-0.4, -0.2) is 18.8 Å². The molecule has 0 amide bonds. The molecule has 9 heavy (non-hydrogen) atoms. The van der Waals surface area contributed by atoms with E-state index in [1.54, 1.807) is 0 Å². The molecule has 56 valence electrons. The van der Waals surface area contributed by atoms with Gasteiger partial charge >= 0.3 is 0 Å². The zero-order chi connectivity index (χ0) is 7.11. The molecule has 1 unspecified atom stereocenters. The molecule has 0 aromatic rings. The summed E-state index contributed by atoms with van der Waals surface area (Å²) in [4.78, 5) is 0. The van der Waals surface area contributed by atoms with E-state index in [4.69, 9.17) is 0 Å². The molecule has 0 aromatic carbocycles. The van der Waals surface area contributed by atoms with Crippen LogP contribution in [0.1, 0.15) is 26.2 Å². The Kier molecular flexibility index (Phi) is 6.65. The van der Waals surface area contributed by atoms with Gasteiger partial charge < -0.3 is 5.32 Å². The molecule has 0 saturated heterocycles. The van der Waals surface area contributed by atoms with E-state index >= 15 is 0 Å². The Balaban J connectivity index is 3.18. The molecule has 0 aliphatic heterocycles. The predicted molar refractivity (Wildman–Crippen MR) is 46.2 cm³/mol. The first kappa shape index (κ1) is 9.31. The van der Waals surface area contributed by atoms with Crippen molar-refractivity contribution in [2.24, 2.45) is 0 Å². The fourth-order valence-corrected chi connectivity index (χ4v) is 1.25. The van der Waals surface area contributed by atoms with Crippen molar-refractivity contribution in [1.82, 2.24) is 5.32 Å². The first-order valence-electron chi connectivity index (χ1n) is 3.63. The molecule has 0 aromatic heterocycles. The quantitative estimate of drug-likeness (QED) is 0.564. The van der Waals surface area contributed by atoms with E-state index in [-0.39, 0.29) is 0 Å². The summed E-state index contributed by atoms with van der Waals surface area (Å²) in [5.41, 5.74) is 0. The van der Waals surface area contributed by atoms with Gasteiger partial charge in [-0.25, -0.2) is 0 Å². The van der Waals surface area contributed by atoms with Crippen molar-refractivity contribution in [2.45, 2.75) is 32.2 Å². The molecule has 0 aliphatic carbocycles. The molecule has 1 atom stereocenters. The van der Waals surface area contributed by atoms with E-state index in [1.807, 2.05) is 7.05 Å². The summed E-state index contributed by atoms with van der Waals surface area (Å²) in [5, 5.41) is 3.26. The van der Waals surface area contributed by atoms with E-state index in [0.29, 0.717) is 6.04 Å². The van der Waals surface area contributed by atoms with Gasteiger partial charge in [-0.15, -0.1) is 0 Å². The van der Waals surface area contributed by atoms with Crippen LogP contribution in [-0.2, 0) is 0 Å². The highest BCUT2D eigenvalue weighted by Gasteiger charge is 2.00. The monoisotopic (exact) mass is 147 g/mol. The van der Waals surface area contributed by atoms with Gasteiger partial charge in [-0.2, -0.15) is 12.6 Å². The number of hydrogen-bond acceptors (Lipinski definition) is 2. The van der Waals surface area contributed by atoms with Crippen LogP contribution in [0.25, 0.3) is 0 Å². The van der Waals surface area contributed by atoms with Crippen LogP contribution in [0.15, 0.2) is 0 Å². The first-order chi connectivity index (χ1) is 4.35. The molecule has 0 radical (unpaired) electrons. The van der Waals surface area contributed by atoms with Gasteiger partial charge in [0.1, 0.15) is 0 Å². The second-order valence-corrected chi connectivity index (χ2v) is 2.73. The van der Waals surface area contributed by atoms with Gasteiger partial charge in [-0.3, -0.25) is 0 Å². The van der Waals surface area contributed by atoms with Crippen molar-refractivity contribution in [3.63, 3.8) is 0 Å². The van der Waals surface area contributed by atoms with Crippen LogP contribution >= 0.6 is 12.6 Å². The Morgan fingerprint density at radius 1 is 1.44 bits per heavy atom. The molecular weight excluding hydrogens is 130 g/mol. The molecule has 2 heteroatoms. The van der Waals surface area contributed by atoms with E-state index < -0.39 is 0 Å². The van der Waals surface area contributed by atoms with Crippen LogP contribution in [0.4, 0.5) is 0 Å². The third-order valence-electron chi connectivity index (χ3n) is 1.52. The van der Waals surface area contributed by atoms with Crippen LogP contribution in [0.5, 0.6) is 0 Å². The standard InChI is InChI=1S/C7H17NS/c1-3-4-7(8-2)5-6-9/h7-9H,3-6H2,1-2H3. The Bertz CT molecular complexity index is 50.9. The topological polar surface area (TPSA) is 12.0 Å². The lowest BCUT2D eigenvalue weighted by atomic mass is 10.1. The van der Waals surface area contributed by atoms with E-state index in [0.717, 1.165) is 5.75 Å². The molecule has 0 saturated carbocycles. The van der Waals surface area contributed by atoms with Gasteiger partial charge in [0, 0.05) is 6.04 Å². The van der Waals surface area contributed by atoms with Crippen molar-refractivity contribution in [2.75, 3.05) is 12.8 Å². The van der Waals surface area contributed by atoms with Crippen LogP contribution in [0.3, 0.4) is 0 Å². The third-order valence-corrected chi connectivity index (χ3v) is 1.78. The zero-order valence-electron chi connectivity index (χ0n) is 6.35. The fourth-order valence-electron chi connectivity index (χ4n) is 0.937. The highest BCUT2D eigenvalue weighted by molar-refractivity contribution is 7.80. The molecule has 1 nitrogen and oxygen atoms in total. The van der Waals surface area contributed by atoms with Crippen LogP contribution < -0.4 is 5.32 Å². The van der Waals surface area contributed by atoms with Gasteiger partial charge in [0.15, 0.2) is 0 Å². The average Bonchev–Trinajstić information content (AvgIpc) is 1.88. The van der Waals surface area contributed by atoms with Crippen molar-refractivity contribution in [3.05, 3.63) is 0 Å². The minimum Gasteiger partial charge on any atom is -0.317 e. The number of thiol groups is 1. The highest BCUT2D eigenvalue weighted by Crippen LogP contribution is 2.01. The van der Waals surface area contributed by atoms with Crippen molar-refractivity contribution < 1.29 is 0 Å². The zero-order valence-corrected chi connectivity index (χ0v) is 7.25. The molecule has 0 bridgehead atoms. The Labute approximate surface area is 63.6 Å². The summed E-state index contributed by atoms with van der Waals surface area (Å²) in [7, 11) is 2.02. The highest BCUT2D eigenvalue weighted by atomic mass is 32.1. The number of hydrogen-bond donors (Lipinski definition) is 2. The lowest BCUT2D eigenvalue weighted by molar-refractivity contribution is 0.506. The second-order valence-electron chi connectivity index (χ2n) is 2.29. The normalized spacial score (nSPS) is 13.7. The predicted octanol–water partition coefficient (Wildman–Crippen LogP) is 1.69. The number of nitrogens with one attached hydrogen (secondary N) is 1. The maximum absolute atomic E-state index is 4.17. The van der Waals surface area contributed by atoms with Crippen molar-refractivity contribution >= 4 is 12.6 Å². The molecule has 1 N–H and O–H groups in total. The largest absolute Gasteiger partial charge is 0.317 e. The summed E-state index contributed by atoms with van der Waals surface area (Å²) in [6.07, 6.45) is 3.73. The van der Waals surface area contributed by atoms with Gasteiger partial charge in [-0.05, 0) is 25.6 Å². The molecule has 0 spiro atoms. The fraction of sp³-hybridized carbons (Fsp3) is 1.00. The molecule has 0 aliphatic rings. The average molecular weight is 147 g/mol. The molecular formula is C7H17NS. The van der Waals surface area contributed by atoms with Gasteiger partial charge in [0.2, 0.25) is 0 Å². The van der Waals surface area contributed by atoms with E-state index in [1.165, 1.54) is 19.3 Å². The Hall–Kier alpha value is 0.310. The van der Waals surface area contributed by atoms with Crippen LogP contribution in [0, 0.1) is 0 Å². The lowest BCUT2D eigenvalue weighted by Gasteiger charge is -2.12. The summed E-state index contributed by atoms with van der Waals surface area (Å²) in [6, 6.07) is 0.687. The van der Waals surface area contributed by atoms with Crippen LogP contribution in [0.2, 0.25) is 0 Å². The van der Waals surface area contributed by atoms with Crippen molar-refractivity contribution in [1.29, 1.82) is 0 Å².